The van der Waals surface area contributed by atoms with E-state index in [0.717, 1.165) is 16.3 Å². The van der Waals surface area contributed by atoms with E-state index >= 15 is 0 Å². The first-order chi connectivity index (χ1) is 9.89. The predicted molar refractivity (Wildman–Crippen MR) is 84.4 cm³/mol. The van der Waals surface area contributed by atoms with Crippen LogP contribution in [-0.2, 0) is 9.59 Å². The first-order valence-corrected chi connectivity index (χ1v) is 7.74. The smallest absolute Gasteiger partial charge is 0.307 e. The van der Waals surface area contributed by atoms with Crippen molar-refractivity contribution in [3.63, 3.8) is 0 Å². The van der Waals surface area contributed by atoms with Crippen molar-refractivity contribution in [1.29, 1.82) is 0 Å². The fraction of sp³-hybridized carbons (Fsp3) is 0.375. The van der Waals surface area contributed by atoms with Crippen molar-refractivity contribution in [3.05, 3.63) is 36.9 Å². The van der Waals surface area contributed by atoms with E-state index in [1.807, 2.05) is 38.1 Å². The Morgan fingerprint density at radius 1 is 1.38 bits per heavy atom. The summed E-state index contributed by atoms with van der Waals surface area (Å²) in [6, 6.07) is 7.51. The minimum atomic E-state index is -0.908. The van der Waals surface area contributed by atoms with Gasteiger partial charge in [-0.1, -0.05) is 32.1 Å². The molecular weight excluding hydrogens is 286 g/mol. The molecule has 1 fully saturated rings. The number of carboxylic acids is 1. The lowest BCUT2D eigenvalue weighted by Gasteiger charge is -2.10. The molecule has 1 amide bonds. The monoisotopic (exact) mass is 305 g/mol. The number of carbonyl (C=O) groups is 2. The van der Waals surface area contributed by atoms with Crippen molar-refractivity contribution >= 4 is 29.3 Å². The van der Waals surface area contributed by atoms with Crippen LogP contribution in [0.2, 0.25) is 0 Å². The number of nitrogens with one attached hydrogen (secondary N) is 1. The van der Waals surface area contributed by atoms with Crippen LogP contribution in [0.3, 0.4) is 0 Å². The highest BCUT2D eigenvalue weighted by molar-refractivity contribution is 7.99. The Morgan fingerprint density at radius 3 is 2.62 bits per heavy atom. The van der Waals surface area contributed by atoms with Crippen LogP contribution in [0, 0.1) is 17.3 Å². The van der Waals surface area contributed by atoms with E-state index < -0.39 is 23.2 Å². The zero-order valence-electron chi connectivity index (χ0n) is 12.1. The Hall–Kier alpha value is -1.75. The standard InChI is InChI=1S/C16H19NO3S/c1-4-9-21-11-8-6-5-7-10(11)17-14(18)12-13(15(19)20)16(12,2)3/h4-8,12-13H,1,9H2,2-3H3,(H,17,18)(H,19,20). The van der Waals surface area contributed by atoms with Crippen molar-refractivity contribution in [1.82, 2.24) is 0 Å². The maximum absolute atomic E-state index is 12.3. The SMILES string of the molecule is C=CCSc1ccccc1NC(=O)C1C(C(=O)O)C1(C)C. The topological polar surface area (TPSA) is 66.4 Å². The summed E-state index contributed by atoms with van der Waals surface area (Å²) in [6.07, 6.45) is 1.80. The number of carbonyl (C=O) groups excluding carboxylic acids is 1. The predicted octanol–water partition coefficient (Wildman–Crippen LogP) is 3.26. The van der Waals surface area contributed by atoms with Crippen LogP contribution in [0.25, 0.3) is 0 Å². The number of hydrogen-bond acceptors (Lipinski definition) is 3. The fourth-order valence-corrected chi connectivity index (χ4v) is 3.39. The van der Waals surface area contributed by atoms with Crippen LogP contribution in [0.5, 0.6) is 0 Å². The molecule has 21 heavy (non-hydrogen) atoms. The average molecular weight is 305 g/mol. The van der Waals surface area contributed by atoms with E-state index in [-0.39, 0.29) is 5.91 Å². The van der Waals surface area contributed by atoms with Gasteiger partial charge in [0.1, 0.15) is 0 Å². The van der Waals surface area contributed by atoms with Gasteiger partial charge in [0.2, 0.25) is 5.91 Å². The number of amides is 1. The van der Waals surface area contributed by atoms with Gasteiger partial charge in [-0.3, -0.25) is 9.59 Å². The Morgan fingerprint density at radius 2 is 2.05 bits per heavy atom. The van der Waals surface area contributed by atoms with Crippen LogP contribution in [0.4, 0.5) is 5.69 Å². The van der Waals surface area contributed by atoms with Crippen LogP contribution in [0.1, 0.15) is 13.8 Å². The first-order valence-electron chi connectivity index (χ1n) is 6.76. The zero-order valence-corrected chi connectivity index (χ0v) is 12.9. The molecule has 0 spiro atoms. The fourth-order valence-electron chi connectivity index (χ4n) is 2.64. The number of aliphatic carboxylic acids is 1. The molecular formula is C16H19NO3S. The highest BCUT2D eigenvalue weighted by atomic mass is 32.2. The molecule has 0 bridgehead atoms. The Bertz CT molecular complexity index is 583. The number of anilines is 1. The summed E-state index contributed by atoms with van der Waals surface area (Å²) < 4.78 is 0. The second kappa shape index (κ2) is 5.93. The van der Waals surface area contributed by atoms with Gasteiger partial charge in [-0.05, 0) is 17.5 Å². The van der Waals surface area contributed by atoms with Crippen molar-refractivity contribution in [3.8, 4) is 0 Å². The zero-order chi connectivity index (χ0) is 15.6. The van der Waals surface area contributed by atoms with Crippen LogP contribution < -0.4 is 5.32 Å². The molecule has 0 saturated heterocycles. The van der Waals surface area contributed by atoms with E-state index in [1.54, 1.807) is 17.8 Å². The van der Waals surface area contributed by atoms with E-state index in [4.69, 9.17) is 5.11 Å². The second-order valence-corrected chi connectivity index (χ2v) is 6.76. The van der Waals surface area contributed by atoms with Crippen molar-refractivity contribution in [2.45, 2.75) is 18.7 Å². The van der Waals surface area contributed by atoms with Crippen molar-refractivity contribution in [2.75, 3.05) is 11.1 Å². The highest BCUT2D eigenvalue weighted by Gasteiger charge is 2.65. The molecule has 1 aromatic carbocycles. The molecule has 1 saturated carbocycles. The van der Waals surface area contributed by atoms with Crippen LogP contribution in [-0.4, -0.2) is 22.7 Å². The van der Waals surface area contributed by atoms with E-state index in [9.17, 15) is 9.59 Å². The molecule has 5 heteroatoms. The molecule has 2 atom stereocenters. The lowest BCUT2D eigenvalue weighted by molar-refractivity contribution is -0.140. The second-order valence-electron chi connectivity index (χ2n) is 5.70. The van der Waals surface area contributed by atoms with Gasteiger partial charge >= 0.3 is 5.97 Å². The number of hydrogen-bond donors (Lipinski definition) is 2. The Balaban J connectivity index is 2.11. The maximum Gasteiger partial charge on any atom is 0.307 e. The van der Waals surface area contributed by atoms with Gasteiger partial charge in [-0.25, -0.2) is 0 Å². The number of rotatable bonds is 6. The molecule has 2 N–H and O–H groups in total. The molecule has 0 aliphatic heterocycles. The van der Waals surface area contributed by atoms with E-state index in [2.05, 4.69) is 11.9 Å². The van der Waals surface area contributed by atoms with Gasteiger partial charge in [0.05, 0.1) is 17.5 Å². The molecule has 1 aliphatic carbocycles. The largest absolute Gasteiger partial charge is 0.481 e. The van der Waals surface area contributed by atoms with E-state index in [1.165, 1.54) is 0 Å². The van der Waals surface area contributed by atoms with Gasteiger partial charge in [-0.2, -0.15) is 0 Å². The molecule has 0 heterocycles. The summed E-state index contributed by atoms with van der Waals surface area (Å²) in [7, 11) is 0. The molecule has 0 radical (unpaired) electrons. The number of benzene rings is 1. The van der Waals surface area contributed by atoms with Gasteiger partial charge < -0.3 is 10.4 Å². The minimum absolute atomic E-state index is 0.223. The summed E-state index contributed by atoms with van der Waals surface area (Å²) in [4.78, 5) is 24.4. The number of para-hydroxylation sites is 1. The first kappa shape index (κ1) is 15.6. The molecule has 2 unspecified atom stereocenters. The summed E-state index contributed by atoms with van der Waals surface area (Å²) in [5, 5.41) is 12.0. The van der Waals surface area contributed by atoms with Crippen molar-refractivity contribution < 1.29 is 14.7 Å². The third kappa shape index (κ3) is 3.13. The molecule has 112 valence electrons. The van der Waals surface area contributed by atoms with Crippen molar-refractivity contribution in [2.24, 2.45) is 17.3 Å². The van der Waals surface area contributed by atoms with Gasteiger partial charge in [-0.15, -0.1) is 18.3 Å². The molecule has 4 nitrogen and oxygen atoms in total. The normalized spacial score (nSPS) is 22.4. The minimum Gasteiger partial charge on any atom is -0.481 e. The maximum atomic E-state index is 12.3. The average Bonchev–Trinajstić information content (AvgIpc) is 3.01. The van der Waals surface area contributed by atoms with Gasteiger partial charge in [0.15, 0.2) is 0 Å². The van der Waals surface area contributed by atoms with E-state index in [0.29, 0.717) is 0 Å². The van der Waals surface area contributed by atoms with Gasteiger partial charge in [0, 0.05) is 10.6 Å². The third-order valence-electron chi connectivity index (χ3n) is 3.88. The summed E-state index contributed by atoms with van der Waals surface area (Å²) in [6.45, 7) is 7.31. The molecule has 1 aromatic rings. The Labute approximate surface area is 128 Å². The summed E-state index contributed by atoms with van der Waals surface area (Å²) in [5.41, 5.74) is 0.236. The number of carboxylic acid groups (broad SMARTS) is 1. The van der Waals surface area contributed by atoms with Gasteiger partial charge in [0.25, 0.3) is 0 Å². The summed E-state index contributed by atoms with van der Waals surface area (Å²) >= 11 is 1.58. The number of thioether (sulfide) groups is 1. The quantitative estimate of drug-likeness (QED) is 0.625. The lowest BCUT2D eigenvalue weighted by Crippen LogP contribution is -2.18. The highest BCUT2D eigenvalue weighted by Crippen LogP contribution is 2.58. The third-order valence-corrected chi connectivity index (χ3v) is 4.95. The molecule has 2 rings (SSSR count). The Kier molecular flexibility index (Phi) is 4.42. The lowest BCUT2D eigenvalue weighted by atomic mass is 10.1. The van der Waals surface area contributed by atoms with Crippen LogP contribution in [0.15, 0.2) is 41.8 Å². The molecule has 1 aliphatic rings. The van der Waals surface area contributed by atoms with Crippen LogP contribution >= 0.6 is 11.8 Å². The summed E-state index contributed by atoms with van der Waals surface area (Å²) in [5.74, 6) is -1.47. The molecule has 0 aromatic heterocycles.